The number of halogens is 2. The van der Waals surface area contributed by atoms with Gasteiger partial charge in [0.1, 0.15) is 11.6 Å². The molecule has 1 fully saturated rings. The average Bonchev–Trinajstić information content (AvgIpc) is 3.13. The summed E-state index contributed by atoms with van der Waals surface area (Å²) in [6.07, 6.45) is 2.04. The highest BCUT2D eigenvalue weighted by Gasteiger charge is 2.19. The van der Waals surface area contributed by atoms with Crippen LogP contribution < -0.4 is 5.32 Å². The highest BCUT2D eigenvalue weighted by Crippen LogP contribution is 2.14. The number of amides is 2. The van der Waals surface area contributed by atoms with Crippen molar-refractivity contribution in [2.45, 2.75) is 19.4 Å². The van der Waals surface area contributed by atoms with E-state index in [-0.39, 0.29) is 18.0 Å². The Bertz CT molecular complexity index is 782. The predicted octanol–water partition coefficient (Wildman–Crippen LogP) is 3.13. The van der Waals surface area contributed by atoms with Gasteiger partial charge in [-0.3, -0.25) is 9.59 Å². The van der Waals surface area contributed by atoms with Crippen molar-refractivity contribution >= 4 is 11.8 Å². The van der Waals surface area contributed by atoms with Gasteiger partial charge >= 0.3 is 0 Å². The van der Waals surface area contributed by atoms with E-state index in [0.29, 0.717) is 11.6 Å². The molecule has 3 rings (SSSR count). The minimum atomic E-state index is -0.802. The summed E-state index contributed by atoms with van der Waals surface area (Å²) in [5, 5.41) is 2.61. The van der Waals surface area contributed by atoms with Gasteiger partial charge in [-0.1, -0.05) is 12.1 Å². The number of rotatable bonds is 4. The molecule has 130 valence electrons. The van der Waals surface area contributed by atoms with Gasteiger partial charge in [-0.2, -0.15) is 0 Å². The normalized spacial score (nSPS) is 13.8. The van der Waals surface area contributed by atoms with Gasteiger partial charge in [0, 0.05) is 36.8 Å². The maximum Gasteiger partial charge on any atom is 0.253 e. The molecule has 4 nitrogen and oxygen atoms in total. The first kappa shape index (κ1) is 17.1. The number of hydrogen-bond donors (Lipinski definition) is 1. The van der Waals surface area contributed by atoms with E-state index in [4.69, 9.17) is 0 Å². The number of nitrogens with one attached hydrogen (secondary N) is 1. The summed E-state index contributed by atoms with van der Waals surface area (Å²) in [6.45, 7) is 1.70. The van der Waals surface area contributed by atoms with Gasteiger partial charge in [0.25, 0.3) is 11.8 Å². The Morgan fingerprint density at radius 3 is 2.32 bits per heavy atom. The molecule has 0 radical (unpaired) electrons. The highest BCUT2D eigenvalue weighted by molar-refractivity contribution is 5.95. The van der Waals surface area contributed by atoms with Crippen LogP contribution in [0, 0.1) is 11.6 Å². The van der Waals surface area contributed by atoms with Crippen molar-refractivity contribution in [1.82, 2.24) is 10.2 Å². The van der Waals surface area contributed by atoms with E-state index < -0.39 is 17.5 Å². The molecule has 1 aliphatic heterocycles. The van der Waals surface area contributed by atoms with E-state index in [0.717, 1.165) is 43.6 Å². The molecular formula is C19H18F2N2O2. The van der Waals surface area contributed by atoms with Crippen LogP contribution in [0.15, 0.2) is 42.5 Å². The predicted molar refractivity (Wildman–Crippen MR) is 89.1 cm³/mol. The number of benzene rings is 2. The quantitative estimate of drug-likeness (QED) is 0.926. The van der Waals surface area contributed by atoms with E-state index in [1.165, 1.54) is 0 Å². The molecule has 1 saturated heterocycles. The molecule has 0 unspecified atom stereocenters. The third-order valence-electron chi connectivity index (χ3n) is 4.15. The Labute approximate surface area is 144 Å². The Kier molecular flexibility index (Phi) is 5.07. The Morgan fingerprint density at radius 2 is 1.64 bits per heavy atom. The van der Waals surface area contributed by atoms with Crippen molar-refractivity contribution in [2.24, 2.45) is 0 Å². The van der Waals surface area contributed by atoms with Crippen molar-refractivity contribution in [3.05, 3.63) is 70.8 Å². The van der Waals surface area contributed by atoms with Crippen molar-refractivity contribution in [2.75, 3.05) is 13.1 Å². The van der Waals surface area contributed by atoms with Crippen LogP contribution in [0.4, 0.5) is 8.78 Å². The molecule has 1 aliphatic rings. The average molecular weight is 344 g/mol. The summed E-state index contributed by atoms with van der Waals surface area (Å²) >= 11 is 0. The topological polar surface area (TPSA) is 49.4 Å². The Morgan fingerprint density at radius 1 is 0.960 bits per heavy atom. The lowest BCUT2D eigenvalue weighted by molar-refractivity contribution is 0.0792. The molecule has 2 aromatic rings. The molecule has 0 saturated carbocycles. The van der Waals surface area contributed by atoms with Crippen LogP contribution in [0.25, 0.3) is 0 Å². The molecule has 1 heterocycles. The molecule has 2 aromatic carbocycles. The standard InChI is InChI=1S/C19H18F2N2O2/c20-16-9-15(10-17(21)11-16)18(24)22-12-13-4-3-5-14(8-13)19(25)23-6-1-2-7-23/h3-5,8-11H,1-2,6-7,12H2,(H,22,24). The molecule has 0 atom stereocenters. The summed E-state index contributed by atoms with van der Waals surface area (Å²) in [4.78, 5) is 26.2. The van der Waals surface area contributed by atoms with Crippen LogP contribution in [-0.4, -0.2) is 29.8 Å². The number of carbonyl (C=O) groups excluding carboxylic acids is 2. The molecule has 0 bridgehead atoms. The summed E-state index contributed by atoms with van der Waals surface area (Å²) in [7, 11) is 0. The molecule has 0 aromatic heterocycles. The van der Waals surface area contributed by atoms with Crippen molar-refractivity contribution in [3.63, 3.8) is 0 Å². The van der Waals surface area contributed by atoms with E-state index in [2.05, 4.69) is 5.32 Å². The fraction of sp³-hybridized carbons (Fsp3) is 0.263. The van der Waals surface area contributed by atoms with Gasteiger partial charge in [0.05, 0.1) is 0 Å². The van der Waals surface area contributed by atoms with E-state index in [9.17, 15) is 18.4 Å². The summed E-state index contributed by atoms with van der Waals surface area (Å²) < 4.78 is 26.4. The molecular weight excluding hydrogens is 326 g/mol. The lowest BCUT2D eigenvalue weighted by Crippen LogP contribution is -2.28. The number of likely N-dealkylation sites (tertiary alicyclic amines) is 1. The molecule has 25 heavy (non-hydrogen) atoms. The first-order valence-electron chi connectivity index (χ1n) is 8.15. The van der Waals surface area contributed by atoms with Crippen LogP contribution in [0.2, 0.25) is 0 Å². The lowest BCUT2D eigenvalue weighted by atomic mass is 10.1. The maximum atomic E-state index is 13.2. The zero-order chi connectivity index (χ0) is 17.8. The summed E-state index contributed by atoms with van der Waals surface area (Å²) in [5.74, 6) is -2.20. The van der Waals surface area contributed by atoms with Crippen LogP contribution in [0.3, 0.4) is 0 Å². The van der Waals surface area contributed by atoms with Crippen LogP contribution in [0.1, 0.15) is 39.1 Å². The largest absolute Gasteiger partial charge is 0.348 e. The van der Waals surface area contributed by atoms with Gasteiger partial charge in [-0.25, -0.2) is 8.78 Å². The molecule has 0 spiro atoms. The lowest BCUT2D eigenvalue weighted by Gasteiger charge is -2.15. The number of carbonyl (C=O) groups is 2. The number of nitrogens with zero attached hydrogens (tertiary/aromatic N) is 1. The summed E-state index contributed by atoms with van der Waals surface area (Å²) in [5.41, 5.74) is 1.24. The van der Waals surface area contributed by atoms with Gasteiger partial charge in [0.2, 0.25) is 0 Å². The second-order valence-corrected chi connectivity index (χ2v) is 6.04. The minimum Gasteiger partial charge on any atom is -0.348 e. The minimum absolute atomic E-state index is 0.0159. The third-order valence-corrected chi connectivity index (χ3v) is 4.15. The third kappa shape index (κ3) is 4.21. The zero-order valence-corrected chi connectivity index (χ0v) is 13.6. The van der Waals surface area contributed by atoms with Crippen molar-refractivity contribution in [3.8, 4) is 0 Å². The second kappa shape index (κ2) is 7.42. The molecule has 1 N–H and O–H groups in total. The van der Waals surface area contributed by atoms with Crippen molar-refractivity contribution < 1.29 is 18.4 Å². The van der Waals surface area contributed by atoms with E-state index in [1.54, 1.807) is 24.3 Å². The molecule has 0 aliphatic carbocycles. The number of hydrogen-bond acceptors (Lipinski definition) is 2. The van der Waals surface area contributed by atoms with Gasteiger partial charge < -0.3 is 10.2 Å². The van der Waals surface area contributed by atoms with E-state index >= 15 is 0 Å². The monoisotopic (exact) mass is 344 g/mol. The van der Waals surface area contributed by atoms with Crippen LogP contribution in [0.5, 0.6) is 0 Å². The summed E-state index contributed by atoms with van der Waals surface area (Å²) in [6, 6.07) is 9.68. The van der Waals surface area contributed by atoms with E-state index in [1.807, 2.05) is 4.90 Å². The first-order chi connectivity index (χ1) is 12.0. The molecule has 2 amide bonds. The smallest absolute Gasteiger partial charge is 0.253 e. The van der Waals surface area contributed by atoms with Crippen LogP contribution in [-0.2, 0) is 6.54 Å². The van der Waals surface area contributed by atoms with Crippen molar-refractivity contribution in [1.29, 1.82) is 0 Å². The second-order valence-electron chi connectivity index (χ2n) is 6.04. The Balaban J connectivity index is 1.66. The Hall–Kier alpha value is -2.76. The van der Waals surface area contributed by atoms with Gasteiger partial charge in [-0.15, -0.1) is 0 Å². The SMILES string of the molecule is O=C(NCc1cccc(C(=O)N2CCCC2)c1)c1cc(F)cc(F)c1. The van der Waals surface area contributed by atoms with Gasteiger partial charge in [0.15, 0.2) is 0 Å². The fourth-order valence-electron chi connectivity index (χ4n) is 2.89. The maximum absolute atomic E-state index is 13.2. The zero-order valence-electron chi connectivity index (χ0n) is 13.6. The highest BCUT2D eigenvalue weighted by atomic mass is 19.1. The van der Waals surface area contributed by atoms with Crippen LogP contribution >= 0.6 is 0 Å². The first-order valence-corrected chi connectivity index (χ1v) is 8.15. The van der Waals surface area contributed by atoms with Gasteiger partial charge in [-0.05, 0) is 42.7 Å². The fourth-order valence-corrected chi connectivity index (χ4v) is 2.89. The molecule has 6 heteroatoms.